The van der Waals surface area contributed by atoms with Crippen molar-refractivity contribution in [1.29, 1.82) is 0 Å². The van der Waals surface area contributed by atoms with Gasteiger partial charge in [-0.2, -0.15) is 0 Å². The fourth-order valence-corrected chi connectivity index (χ4v) is 2.54. The quantitative estimate of drug-likeness (QED) is 0.598. The Morgan fingerprint density at radius 2 is 2.00 bits per heavy atom. The van der Waals surface area contributed by atoms with Crippen LogP contribution in [0.4, 0.5) is 0 Å². The minimum absolute atomic E-state index is 0.382. The zero-order valence-electron chi connectivity index (χ0n) is 12.6. The first-order chi connectivity index (χ1) is 9.67. The van der Waals surface area contributed by atoms with Crippen molar-refractivity contribution in [2.24, 2.45) is 4.99 Å². The van der Waals surface area contributed by atoms with Crippen LogP contribution < -0.4 is 10.6 Å². The molecule has 1 aromatic carbocycles. The number of hydrogen-bond donors (Lipinski definition) is 2. The van der Waals surface area contributed by atoms with Gasteiger partial charge in [0.05, 0.1) is 17.3 Å². The Labute approximate surface area is 124 Å². The first-order valence-corrected chi connectivity index (χ1v) is 8.47. The highest BCUT2D eigenvalue weighted by Crippen LogP contribution is 2.05. The Bertz CT molecular complexity index is 434. The summed E-state index contributed by atoms with van der Waals surface area (Å²) in [5.41, 5.74) is 0. The van der Waals surface area contributed by atoms with Crippen molar-refractivity contribution in [1.82, 2.24) is 10.6 Å². The molecule has 0 fully saturated rings. The van der Waals surface area contributed by atoms with Crippen molar-refractivity contribution >= 4 is 16.8 Å². The van der Waals surface area contributed by atoms with Gasteiger partial charge in [0.1, 0.15) is 0 Å². The first kappa shape index (κ1) is 16.7. The zero-order chi connectivity index (χ0) is 14.8. The summed E-state index contributed by atoms with van der Waals surface area (Å²) >= 11 is 0. The molecule has 0 aliphatic heterocycles. The molecule has 0 heterocycles. The lowest BCUT2D eigenvalue weighted by atomic mass is 10.3. The second-order valence-corrected chi connectivity index (χ2v) is 6.15. The molecule has 0 aliphatic carbocycles. The molecule has 1 aromatic rings. The van der Waals surface area contributed by atoms with Crippen LogP contribution >= 0.6 is 0 Å². The predicted molar refractivity (Wildman–Crippen MR) is 86.6 cm³/mol. The molecule has 112 valence electrons. The van der Waals surface area contributed by atoms with Gasteiger partial charge >= 0.3 is 0 Å². The van der Waals surface area contributed by atoms with E-state index >= 15 is 0 Å². The van der Waals surface area contributed by atoms with Crippen LogP contribution in [-0.4, -0.2) is 35.1 Å². The molecule has 0 saturated heterocycles. The van der Waals surface area contributed by atoms with E-state index < -0.39 is 10.8 Å². The molecule has 0 amide bonds. The average Bonchev–Trinajstić information content (AvgIpc) is 2.48. The lowest BCUT2D eigenvalue weighted by Gasteiger charge is -2.16. The van der Waals surface area contributed by atoms with E-state index in [0.717, 1.165) is 23.8 Å². The largest absolute Gasteiger partial charge is 0.357 e. The van der Waals surface area contributed by atoms with E-state index in [-0.39, 0.29) is 0 Å². The molecule has 5 heteroatoms. The number of benzene rings is 1. The second-order valence-electron chi connectivity index (χ2n) is 4.58. The van der Waals surface area contributed by atoms with Crippen molar-refractivity contribution in [3.63, 3.8) is 0 Å². The third-order valence-corrected chi connectivity index (χ3v) is 4.24. The maximum atomic E-state index is 12.1. The minimum atomic E-state index is -0.981. The van der Waals surface area contributed by atoms with Crippen LogP contribution in [0.15, 0.2) is 40.2 Å². The fraction of sp³-hybridized carbons (Fsp3) is 0.533. The topological polar surface area (TPSA) is 53.5 Å². The van der Waals surface area contributed by atoms with Crippen LogP contribution in [0.1, 0.15) is 27.2 Å². The third kappa shape index (κ3) is 6.19. The summed E-state index contributed by atoms with van der Waals surface area (Å²) in [7, 11) is -0.981. The summed E-state index contributed by atoms with van der Waals surface area (Å²) in [5, 5.41) is 6.52. The number of nitrogens with zero attached hydrogens (tertiary/aromatic N) is 1. The number of rotatable bonds is 7. The Balaban J connectivity index is 2.49. The molecule has 0 bridgehead atoms. The van der Waals surface area contributed by atoms with Crippen LogP contribution in [0.25, 0.3) is 0 Å². The molecule has 20 heavy (non-hydrogen) atoms. The van der Waals surface area contributed by atoms with Crippen LogP contribution in [0, 0.1) is 0 Å². The van der Waals surface area contributed by atoms with Gasteiger partial charge in [-0.05, 0) is 32.4 Å². The number of guanidine groups is 1. The standard InChI is InChI=1S/C15H25N3OS/c1-4-13(3)18-15(16-5-2)17-11-12-20(19)14-9-7-6-8-10-14/h6-10,13H,4-5,11-12H2,1-3H3,(H2,16,17,18). The predicted octanol–water partition coefficient (Wildman–Crippen LogP) is 2.15. The highest BCUT2D eigenvalue weighted by Gasteiger charge is 2.04. The van der Waals surface area contributed by atoms with Gasteiger partial charge in [-0.3, -0.25) is 9.20 Å². The molecule has 2 atom stereocenters. The molecule has 2 unspecified atom stereocenters. The summed E-state index contributed by atoms with van der Waals surface area (Å²) in [6.07, 6.45) is 1.04. The number of hydrogen-bond acceptors (Lipinski definition) is 2. The van der Waals surface area contributed by atoms with Crippen LogP contribution in [-0.2, 0) is 10.8 Å². The summed E-state index contributed by atoms with van der Waals surface area (Å²) in [6, 6.07) is 9.91. The highest BCUT2D eigenvalue weighted by atomic mass is 32.2. The highest BCUT2D eigenvalue weighted by molar-refractivity contribution is 7.85. The van der Waals surface area contributed by atoms with Gasteiger partial charge in [-0.25, -0.2) is 0 Å². The Morgan fingerprint density at radius 3 is 2.60 bits per heavy atom. The number of nitrogens with one attached hydrogen (secondary N) is 2. The molecule has 0 radical (unpaired) electrons. The van der Waals surface area contributed by atoms with Crippen molar-refractivity contribution in [3.8, 4) is 0 Å². The second kappa shape index (κ2) is 9.53. The third-order valence-electron chi connectivity index (χ3n) is 2.89. The van der Waals surface area contributed by atoms with E-state index in [9.17, 15) is 4.21 Å². The van der Waals surface area contributed by atoms with Crippen LogP contribution in [0.2, 0.25) is 0 Å². The van der Waals surface area contributed by atoms with E-state index in [1.54, 1.807) is 0 Å². The SMILES string of the molecule is CCNC(=NCCS(=O)c1ccccc1)NC(C)CC. The average molecular weight is 295 g/mol. The smallest absolute Gasteiger partial charge is 0.191 e. The van der Waals surface area contributed by atoms with Crippen molar-refractivity contribution in [2.45, 2.75) is 38.1 Å². The van der Waals surface area contributed by atoms with Crippen molar-refractivity contribution in [3.05, 3.63) is 30.3 Å². The van der Waals surface area contributed by atoms with Gasteiger partial charge in [-0.15, -0.1) is 0 Å². The van der Waals surface area contributed by atoms with E-state index in [1.165, 1.54) is 0 Å². The molecule has 4 nitrogen and oxygen atoms in total. The maximum Gasteiger partial charge on any atom is 0.191 e. The van der Waals surface area contributed by atoms with Gasteiger partial charge in [0.25, 0.3) is 0 Å². The fourth-order valence-electron chi connectivity index (χ4n) is 1.59. The first-order valence-electron chi connectivity index (χ1n) is 7.15. The lowest BCUT2D eigenvalue weighted by molar-refractivity contribution is 0.625. The summed E-state index contributed by atoms with van der Waals surface area (Å²) in [4.78, 5) is 5.33. The van der Waals surface area contributed by atoms with E-state index in [2.05, 4.69) is 29.5 Å². The number of aliphatic imine (C=N–C) groups is 1. The Kier molecular flexibility index (Phi) is 7.95. The van der Waals surface area contributed by atoms with Gasteiger partial charge in [0.15, 0.2) is 5.96 Å². The normalized spacial score (nSPS) is 14.7. The lowest BCUT2D eigenvalue weighted by Crippen LogP contribution is -2.42. The van der Waals surface area contributed by atoms with Gasteiger partial charge in [-0.1, -0.05) is 25.1 Å². The van der Waals surface area contributed by atoms with Gasteiger partial charge in [0, 0.05) is 23.2 Å². The van der Waals surface area contributed by atoms with E-state index in [0.29, 0.717) is 18.3 Å². The molecular weight excluding hydrogens is 270 g/mol. The molecule has 0 saturated carbocycles. The minimum Gasteiger partial charge on any atom is -0.357 e. The van der Waals surface area contributed by atoms with Crippen LogP contribution in [0.3, 0.4) is 0 Å². The molecule has 0 aromatic heterocycles. The van der Waals surface area contributed by atoms with Crippen LogP contribution in [0.5, 0.6) is 0 Å². The van der Waals surface area contributed by atoms with Crippen molar-refractivity contribution in [2.75, 3.05) is 18.8 Å². The van der Waals surface area contributed by atoms with Gasteiger partial charge in [0.2, 0.25) is 0 Å². The molecule has 0 aliphatic rings. The summed E-state index contributed by atoms with van der Waals surface area (Å²) in [5.74, 6) is 1.34. The Hall–Kier alpha value is -1.36. The van der Waals surface area contributed by atoms with E-state index in [4.69, 9.17) is 0 Å². The molecule has 1 rings (SSSR count). The zero-order valence-corrected chi connectivity index (χ0v) is 13.4. The monoisotopic (exact) mass is 295 g/mol. The molecule has 0 spiro atoms. The summed E-state index contributed by atoms with van der Waals surface area (Å²) < 4.78 is 12.1. The summed E-state index contributed by atoms with van der Waals surface area (Å²) in [6.45, 7) is 7.66. The van der Waals surface area contributed by atoms with E-state index in [1.807, 2.05) is 37.3 Å². The Morgan fingerprint density at radius 1 is 1.30 bits per heavy atom. The van der Waals surface area contributed by atoms with Crippen molar-refractivity contribution < 1.29 is 4.21 Å². The molecular formula is C15H25N3OS. The van der Waals surface area contributed by atoms with Gasteiger partial charge < -0.3 is 10.6 Å². The maximum absolute atomic E-state index is 12.1. The molecule has 2 N–H and O–H groups in total.